The molecule has 10 heteroatoms. The van der Waals surface area contributed by atoms with Crippen LogP contribution >= 0.6 is 12.2 Å². The monoisotopic (exact) mass is 396 g/mol. The van der Waals surface area contributed by atoms with Gasteiger partial charge in [-0.2, -0.15) is 13.2 Å². The molecule has 0 spiro atoms. The Kier molecular flexibility index (Phi) is 5.74. The second-order valence-corrected chi connectivity index (χ2v) is 5.64. The molecule has 2 N–H and O–H groups in total. The number of benzene rings is 2. The first-order chi connectivity index (χ1) is 12.0. The molecule has 1 atom stereocenters. The lowest BCUT2D eigenvalue weighted by Gasteiger charge is -2.19. The average Bonchev–Trinajstić information content (AvgIpc) is 2.56. The van der Waals surface area contributed by atoms with Crippen LogP contribution in [0.1, 0.15) is 24.1 Å². The first-order valence-electron chi connectivity index (χ1n) is 7.09. The minimum atomic E-state index is -5.60. The van der Waals surface area contributed by atoms with Gasteiger partial charge in [0.15, 0.2) is 28.4 Å². The number of anilines is 1. The van der Waals surface area contributed by atoms with E-state index in [0.717, 1.165) is 5.56 Å². The van der Waals surface area contributed by atoms with E-state index < -0.39 is 51.9 Å². The highest BCUT2D eigenvalue weighted by Crippen LogP contribution is 2.38. The van der Waals surface area contributed by atoms with Gasteiger partial charge >= 0.3 is 6.18 Å². The quantitative estimate of drug-likeness (QED) is 0.418. The summed E-state index contributed by atoms with van der Waals surface area (Å²) >= 11 is 4.80. The number of alkyl halides is 3. The third kappa shape index (κ3) is 4.06. The molecule has 1 unspecified atom stereocenters. The van der Waals surface area contributed by atoms with Crippen molar-refractivity contribution in [2.45, 2.75) is 19.1 Å². The van der Waals surface area contributed by atoms with E-state index in [-0.39, 0.29) is 0 Å². The third-order valence-corrected chi connectivity index (χ3v) is 3.65. The third-order valence-electron chi connectivity index (χ3n) is 3.43. The minimum Gasteiger partial charge on any atom is -0.356 e. The number of hydrogen-bond donors (Lipinski definition) is 2. The van der Waals surface area contributed by atoms with Gasteiger partial charge < -0.3 is 10.6 Å². The molecule has 0 aromatic heterocycles. The lowest BCUT2D eigenvalue weighted by molar-refractivity contribution is -0.143. The van der Waals surface area contributed by atoms with Crippen LogP contribution in [0.4, 0.5) is 36.4 Å². The molecule has 0 heterocycles. The zero-order valence-corrected chi connectivity index (χ0v) is 13.8. The van der Waals surface area contributed by atoms with Crippen molar-refractivity contribution >= 4 is 23.0 Å². The highest BCUT2D eigenvalue weighted by molar-refractivity contribution is 7.80. The van der Waals surface area contributed by atoms with Crippen molar-refractivity contribution in [2.24, 2.45) is 0 Å². The Morgan fingerprint density at radius 2 is 1.42 bits per heavy atom. The first kappa shape index (κ1) is 20.0. The SMILES string of the molecule is CC(NC(=S)Nc1c(F)c(F)c(C(F)(F)F)c(F)c1F)c1ccccc1. The fourth-order valence-electron chi connectivity index (χ4n) is 2.16. The van der Waals surface area contributed by atoms with E-state index in [4.69, 9.17) is 12.2 Å². The van der Waals surface area contributed by atoms with Crippen LogP contribution in [-0.2, 0) is 6.18 Å². The zero-order valence-electron chi connectivity index (χ0n) is 13.0. The molecule has 0 saturated carbocycles. The molecule has 26 heavy (non-hydrogen) atoms. The molecule has 0 radical (unpaired) electrons. The van der Waals surface area contributed by atoms with Crippen LogP contribution in [0.3, 0.4) is 0 Å². The van der Waals surface area contributed by atoms with Gasteiger partial charge in [-0.25, -0.2) is 17.6 Å². The maximum Gasteiger partial charge on any atom is 0.422 e. The van der Waals surface area contributed by atoms with Gasteiger partial charge in [0, 0.05) is 0 Å². The number of hydrogen-bond acceptors (Lipinski definition) is 1. The van der Waals surface area contributed by atoms with E-state index in [9.17, 15) is 30.7 Å². The average molecular weight is 396 g/mol. The topological polar surface area (TPSA) is 24.1 Å². The molecule has 0 aliphatic rings. The summed E-state index contributed by atoms with van der Waals surface area (Å²) in [5, 5.41) is 4.03. The van der Waals surface area contributed by atoms with Gasteiger partial charge in [-0.15, -0.1) is 0 Å². The molecule has 2 rings (SSSR count). The summed E-state index contributed by atoms with van der Waals surface area (Å²) < 4.78 is 92.4. The van der Waals surface area contributed by atoms with Crippen LogP contribution in [0, 0.1) is 23.3 Å². The number of rotatable bonds is 3. The smallest absolute Gasteiger partial charge is 0.356 e. The van der Waals surface area contributed by atoms with Gasteiger partial charge in [0.25, 0.3) is 0 Å². The molecule has 0 bridgehead atoms. The van der Waals surface area contributed by atoms with Gasteiger partial charge in [0.2, 0.25) is 0 Å². The molecular weight excluding hydrogens is 385 g/mol. The second-order valence-electron chi connectivity index (χ2n) is 5.23. The maximum absolute atomic E-state index is 13.8. The van der Waals surface area contributed by atoms with Crippen LogP contribution in [0.25, 0.3) is 0 Å². The van der Waals surface area contributed by atoms with Crippen molar-refractivity contribution in [1.29, 1.82) is 0 Å². The van der Waals surface area contributed by atoms with Gasteiger partial charge in [-0.1, -0.05) is 30.3 Å². The molecule has 2 nitrogen and oxygen atoms in total. The predicted molar refractivity (Wildman–Crippen MR) is 85.5 cm³/mol. The Morgan fingerprint density at radius 1 is 0.923 bits per heavy atom. The van der Waals surface area contributed by atoms with Crippen LogP contribution in [0.15, 0.2) is 30.3 Å². The highest BCUT2D eigenvalue weighted by atomic mass is 32.1. The van der Waals surface area contributed by atoms with Crippen LogP contribution in [0.2, 0.25) is 0 Å². The van der Waals surface area contributed by atoms with E-state index in [1.807, 2.05) is 5.32 Å². The largest absolute Gasteiger partial charge is 0.422 e. The lowest BCUT2D eigenvalue weighted by Crippen LogP contribution is -2.32. The Balaban J connectivity index is 2.28. The van der Waals surface area contributed by atoms with E-state index in [0.29, 0.717) is 0 Å². The molecule has 2 aromatic rings. The van der Waals surface area contributed by atoms with Gasteiger partial charge in [0.1, 0.15) is 11.3 Å². The Labute approximate surface area is 149 Å². The lowest BCUT2D eigenvalue weighted by atomic mass is 10.1. The van der Waals surface area contributed by atoms with Crippen molar-refractivity contribution < 1.29 is 30.7 Å². The number of nitrogens with one attached hydrogen (secondary N) is 2. The summed E-state index contributed by atoms with van der Waals surface area (Å²) in [6.45, 7) is 1.64. The molecular formula is C16H11F7N2S. The van der Waals surface area contributed by atoms with E-state index in [1.165, 1.54) is 0 Å². The number of halogens is 7. The Bertz CT molecular complexity index is 793. The highest BCUT2D eigenvalue weighted by Gasteiger charge is 2.42. The summed E-state index contributed by atoms with van der Waals surface area (Å²) in [4.78, 5) is 0. The summed E-state index contributed by atoms with van der Waals surface area (Å²) in [5.74, 6) is -9.57. The van der Waals surface area contributed by atoms with Gasteiger partial charge in [0.05, 0.1) is 6.04 Å². The molecule has 2 aromatic carbocycles. The molecule has 0 aliphatic carbocycles. The molecule has 0 aliphatic heterocycles. The van der Waals surface area contributed by atoms with Gasteiger partial charge in [-0.05, 0) is 24.7 Å². The van der Waals surface area contributed by atoms with Crippen molar-refractivity contribution in [3.63, 3.8) is 0 Å². The molecule has 0 amide bonds. The van der Waals surface area contributed by atoms with Crippen molar-refractivity contribution in [3.05, 3.63) is 64.7 Å². The first-order valence-corrected chi connectivity index (χ1v) is 7.50. The summed E-state index contributed by atoms with van der Waals surface area (Å²) in [7, 11) is 0. The Hall–Kier alpha value is -2.36. The molecule has 0 saturated heterocycles. The Morgan fingerprint density at radius 3 is 1.88 bits per heavy atom. The number of thiocarbonyl (C=S) groups is 1. The van der Waals surface area contributed by atoms with Crippen molar-refractivity contribution in [3.8, 4) is 0 Å². The van der Waals surface area contributed by atoms with E-state index in [2.05, 4.69) is 5.32 Å². The van der Waals surface area contributed by atoms with Crippen molar-refractivity contribution in [2.75, 3.05) is 5.32 Å². The normalized spacial score (nSPS) is 12.6. The van der Waals surface area contributed by atoms with Crippen LogP contribution < -0.4 is 10.6 Å². The van der Waals surface area contributed by atoms with Crippen molar-refractivity contribution in [1.82, 2.24) is 5.32 Å². The zero-order chi connectivity index (χ0) is 19.6. The fraction of sp³-hybridized carbons (Fsp3) is 0.188. The molecule has 0 fully saturated rings. The summed E-state index contributed by atoms with van der Waals surface area (Å²) in [6, 6.07) is 8.20. The van der Waals surface area contributed by atoms with Crippen LogP contribution in [-0.4, -0.2) is 5.11 Å². The molecule has 140 valence electrons. The van der Waals surface area contributed by atoms with E-state index >= 15 is 0 Å². The predicted octanol–water partition coefficient (Wildman–Crippen LogP) is 5.31. The van der Waals surface area contributed by atoms with Gasteiger partial charge in [-0.3, -0.25) is 0 Å². The fourth-order valence-corrected chi connectivity index (χ4v) is 2.44. The standard InChI is InChI=1S/C16H11F7N2S/c1-7(8-5-3-2-4-6-8)24-15(26)25-14-12(19)10(17)9(16(21,22)23)11(18)13(14)20/h2-7H,1H3,(H2,24,25,26). The van der Waals surface area contributed by atoms with Crippen LogP contribution in [0.5, 0.6) is 0 Å². The maximum atomic E-state index is 13.8. The second kappa shape index (κ2) is 7.48. The van der Waals surface area contributed by atoms with E-state index in [1.54, 1.807) is 37.3 Å². The minimum absolute atomic E-state index is 0.433. The summed E-state index contributed by atoms with van der Waals surface area (Å²) in [6.07, 6.45) is -5.60. The summed E-state index contributed by atoms with van der Waals surface area (Å²) in [5.41, 5.74) is -3.36.